The van der Waals surface area contributed by atoms with E-state index >= 15 is 0 Å². The molecule has 0 fully saturated rings. The van der Waals surface area contributed by atoms with Crippen LogP contribution in [0.1, 0.15) is 213 Å². The van der Waals surface area contributed by atoms with Gasteiger partial charge in [0.2, 0.25) is 0 Å². The van der Waals surface area contributed by atoms with Crippen molar-refractivity contribution >= 4 is 19.8 Å². The number of allylic oxidation sites excluding steroid dienone is 4. The Morgan fingerprint density at radius 1 is 0.500 bits per heavy atom. The number of rotatable bonds is 40. The van der Waals surface area contributed by atoms with Gasteiger partial charge in [-0.2, -0.15) is 0 Å². The first-order valence-corrected chi connectivity index (χ1v) is 23.1. The van der Waals surface area contributed by atoms with Crippen LogP contribution in [0.3, 0.4) is 0 Å². The molecular formula is C43H81O8P. The van der Waals surface area contributed by atoms with E-state index in [0.29, 0.717) is 6.42 Å². The molecule has 0 bridgehead atoms. The van der Waals surface area contributed by atoms with E-state index in [2.05, 4.69) is 38.2 Å². The van der Waals surface area contributed by atoms with E-state index in [1.54, 1.807) is 6.92 Å². The van der Waals surface area contributed by atoms with Crippen molar-refractivity contribution in [3.05, 3.63) is 24.3 Å². The number of phosphoric ester groups is 1. The SMILES string of the molecule is CCCCCCCC/C=C\CCCCCCCCCC(=O)OC(COC(=O)CCCCCCC/C=C\CCCCCCCC)COP(=O)(O)OCC. The largest absolute Gasteiger partial charge is 0.472 e. The van der Waals surface area contributed by atoms with Crippen LogP contribution in [0.4, 0.5) is 0 Å². The van der Waals surface area contributed by atoms with E-state index in [4.69, 9.17) is 18.5 Å². The molecule has 0 radical (unpaired) electrons. The topological polar surface area (TPSA) is 108 Å². The molecule has 2 atom stereocenters. The van der Waals surface area contributed by atoms with Crippen LogP contribution < -0.4 is 0 Å². The maximum absolute atomic E-state index is 12.5. The summed E-state index contributed by atoms with van der Waals surface area (Å²) in [5.41, 5.74) is 0. The standard InChI is InChI=1S/C43H81O8P/c1-4-7-9-11-13-15-17-19-21-22-24-26-28-30-32-34-36-38-43(45)51-41(40-50-52(46,47)49-6-3)39-48-42(44)37-35-33-31-29-27-25-23-20-18-16-14-12-10-8-5-2/h19-21,23,41H,4-18,22,24-40H2,1-3H3,(H,46,47)/b21-19-,23-20-. The third-order valence-corrected chi connectivity index (χ3v) is 10.3. The summed E-state index contributed by atoms with van der Waals surface area (Å²) < 4.78 is 32.6. The molecule has 306 valence electrons. The molecule has 0 saturated carbocycles. The average molecular weight is 757 g/mol. The van der Waals surface area contributed by atoms with Crippen molar-refractivity contribution in [1.29, 1.82) is 0 Å². The second kappa shape index (κ2) is 39.2. The summed E-state index contributed by atoms with van der Waals surface area (Å²) in [7, 11) is -4.28. The van der Waals surface area contributed by atoms with E-state index in [-0.39, 0.29) is 32.0 Å². The Labute approximate surface area is 320 Å². The van der Waals surface area contributed by atoms with E-state index in [9.17, 15) is 19.0 Å². The number of carbonyl (C=O) groups excluding carboxylic acids is 2. The fraction of sp³-hybridized carbons (Fsp3) is 0.860. The lowest BCUT2D eigenvalue weighted by atomic mass is 10.1. The van der Waals surface area contributed by atoms with Crippen LogP contribution in [-0.4, -0.2) is 42.8 Å². The number of ether oxygens (including phenoxy) is 2. The van der Waals surface area contributed by atoms with Gasteiger partial charge >= 0.3 is 19.8 Å². The highest BCUT2D eigenvalue weighted by atomic mass is 31.2. The van der Waals surface area contributed by atoms with Gasteiger partial charge in [-0.05, 0) is 71.1 Å². The van der Waals surface area contributed by atoms with Gasteiger partial charge in [-0.1, -0.05) is 154 Å². The zero-order chi connectivity index (χ0) is 38.2. The Hall–Kier alpha value is -1.47. The van der Waals surface area contributed by atoms with Crippen molar-refractivity contribution in [2.45, 2.75) is 219 Å². The molecule has 8 nitrogen and oxygen atoms in total. The Balaban J connectivity index is 4.09. The van der Waals surface area contributed by atoms with E-state index in [1.807, 2.05) is 0 Å². The Morgan fingerprint density at radius 2 is 0.865 bits per heavy atom. The van der Waals surface area contributed by atoms with E-state index < -0.39 is 26.5 Å². The van der Waals surface area contributed by atoms with Crippen molar-refractivity contribution in [3.63, 3.8) is 0 Å². The highest BCUT2D eigenvalue weighted by Crippen LogP contribution is 2.43. The van der Waals surface area contributed by atoms with Crippen LogP contribution in [0, 0.1) is 0 Å². The van der Waals surface area contributed by atoms with E-state index in [1.165, 1.54) is 116 Å². The highest BCUT2D eigenvalue weighted by Gasteiger charge is 2.25. The number of unbranched alkanes of at least 4 members (excludes halogenated alkanes) is 24. The molecule has 0 spiro atoms. The zero-order valence-corrected chi connectivity index (χ0v) is 34.9. The predicted octanol–water partition coefficient (Wildman–Crippen LogP) is 13.5. The summed E-state index contributed by atoms with van der Waals surface area (Å²) in [6.07, 6.45) is 42.3. The van der Waals surface area contributed by atoms with Crippen LogP contribution >= 0.6 is 7.82 Å². The highest BCUT2D eigenvalue weighted by molar-refractivity contribution is 7.47. The average Bonchev–Trinajstić information content (AvgIpc) is 3.12. The van der Waals surface area contributed by atoms with Crippen molar-refractivity contribution in [3.8, 4) is 0 Å². The molecule has 0 rings (SSSR count). The van der Waals surface area contributed by atoms with Crippen LogP contribution in [0.5, 0.6) is 0 Å². The third-order valence-electron chi connectivity index (χ3n) is 9.23. The van der Waals surface area contributed by atoms with Gasteiger partial charge in [-0.3, -0.25) is 18.6 Å². The van der Waals surface area contributed by atoms with Gasteiger partial charge in [0.05, 0.1) is 13.2 Å². The molecule has 52 heavy (non-hydrogen) atoms. The van der Waals surface area contributed by atoms with Gasteiger partial charge in [-0.25, -0.2) is 4.57 Å². The van der Waals surface area contributed by atoms with Crippen LogP contribution in [0.25, 0.3) is 0 Å². The first kappa shape index (κ1) is 50.5. The number of hydrogen-bond acceptors (Lipinski definition) is 7. The fourth-order valence-corrected chi connectivity index (χ4v) is 6.79. The molecule has 0 amide bonds. The molecule has 0 heterocycles. The summed E-state index contributed by atoms with van der Waals surface area (Å²) >= 11 is 0. The molecule has 2 unspecified atom stereocenters. The maximum atomic E-state index is 12.5. The van der Waals surface area contributed by atoms with Crippen molar-refractivity contribution < 1.29 is 37.6 Å². The summed E-state index contributed by atoms with van der Waals surface area (Å²) in [6, 6.07) is 0. The number of phosphoric acid groups is 1. The van der Waals surface area contributed by atoms with Crippen LogP contribution in [-0.2, 0) is 32.7 Å². The molecule has 0 aromatic heterocycles. The molecule has 0 aromatic carbocycles. The van der Waals surface area contributed by atoms with Gasteiger partial charge in [0.1, 0.15) is 6.61 Å². The Kier molecular flexibility index (Phi) is 38.1. The minimum absolute atomic E-state index is 0.000466. The van der Waals surface area contributed by atoms with Crippen LogP contribution in [0.15, 0.2) is 24.3 Å². The van der Waals surface area contributed by atoms with Gasteiger partial charge < -0.3 is 14.4 Å². The van der Waals surface area contributed by atoms with Gasteiger partial charge in [0.25, 0.3) is 0 Å². The Bertz CT molecular complexity index is 906. The lowest BCUT2D eigenvalue weighted by molar-refractivity contribution is -0.161. The van der Waals surface area contributed by atoms with Gasteiger partial charge in [0.15, 0.2) is 6.10 Å². The minimum atomic E-state index is -4.28. The van der Waals surface area contributed by atoms with Gasteiger partial charge in [0, 0.05) is 12.8 Å². The Morgan fingerprint density at radius 3 is 1.27 bits per heavy atom. The fourth-order valence-electron chi connectivity index (χ4n) is 6.03. The van der Waals surface area contributed by atoms with Crippen molar-refractivity contribution in [2.24, 2.45) is 0 Å². The smallest absolute Gasteiger partial charge is 0.462 e. The second-order valence-electron chi connectivity index (χ2n) is 14.4. The molecular weight excluding hydrogens is 675 g/mol. The molecule has 1 N–H and O–H groups in total. The van der Waals surface area contributed by atoms with Crippen molar-refractivity contribution in [1.82, 2.24) is 0 Å². The van der Waals surface area contributed by atoms with E-state index in [0.717, 1.165) is 57.8 Å². The first-order valence-electron chi connectivity index (χ1n) is 21.6. The molecule has 9 heteroatoms. The quantitative estimate of drug-likeness (QED) is 0.0285. The monoisotopic (exact) mass is 757 g/mol. The number of esters is 2. The van der Waals surface area contributed by atoms with Crippen LogP contribution in [0.2, 0.25) is 0 Å². The molecule has 0 aliphatic heterocycles. The summed E-state index contributed by atoms with van der Waals surface area (Å²) in [5, 5.41) is 0. The third kappa shape index (κ3) is 38.3. The normalized spacial score (nSPS) is 13.5. The molecule has 0 aliphatic carbocycles. The first-order chi connectivity index (χ1) is 25.3. The van der Waals surface area contributed by atoms with Crippen molar-refractivity contribution in [2.75, 3.05) is 19.8 Å². The summed E-state index contributed by atoms with van der Waals surface area (Å²) in [5.74, 6) is -0.807. The minimum Gasteiger partial charge on any atom is -0.462 e. The second-order valence-corrected chi connectivity index (χ2v) is 15.8. The predicted molar refractivity (Wildman–Crippen MR) is 216 cm³/mol. The zero-order valence-electron chi connectivity index (χ0n) is 34.0. The molecule has 0 aliphatic rings. The number of hydrogen-bond donors (Lipinski definition) is 1. The van der Waals surface area contributed by atoms with Gasteiger partial charge in [-0.15, -0.1) is 0 Å². The summed E-state index contributed by atoms with van der Waals surface area (Å²) in [4.78, 5) is 34.7. The molecule has 0 aromatic rings. The molecule has 0 saturated heterocycles. The lowest BCUT2D eigenvalue weighted by Crippen LogP contribution is -2.29. The maximum Gasteiger partial charge on any atom is 0.472 e. The lowest BCUT2D eigenvalue weighted by Gasteiger charge is -2.19. The number of carbonyl (C=O) groups is 2. The summed E-state index contributed by atoms with van der Waals surface area (Å²) in [6.45, 7) is 5.47.